The fourth-order valence-electron chi connectivity index (χ4n) is 1.80. The predicted molar refractivity (Wildman–Crippen MR) is 54.0 cm³/mol. The fourth-order valence-corrected chi connectivity index (χ4v) is 1.80. The van der Waals surface area contributed by atoms with Gasteiger partial charge in [-0.1, -0.05) is 0 Å². The molecule has 1 rings (SSSR count). The van der Waals surface area contributed by atoms with Crippen LogP contribution in [-0.4, -0.2) is 47.0 Å². The average molecular weight is 229 g/mol. The maximum Gasteiger partial charge on any atom is 0.407 e. The smallest absolute Gasteiger partial charge is 0.407 e. The van der Waals surface area contributed by atoms with Gasteiger partial charge in [0.25, 0.3) is 0 Å². The number of esters is 1. The molecule has 1 amide bonds. The zero-order valence-electron chi connectivity index (χ0n) is 9.14. The zero-order chi connectivity index (χ0) is 12.1. The Morgan fingerprint density at radius 3 is 2.69 bits per heavy atom. The Kier molecular flexibility index (Phi) is 4.28. The summed E-state index contributed by atoms with van der Waals surface area (Å²) < 4.78 is 4.64. The normalized spacial score (nSPS) is 19.6. The number of nitrogens with zero attached hydrogens (tertiary/aromatic N) is 1. The lowest BCUT2D eigenvalue weighted by molar-refractivity contribution is -0.146. The Morgan fingerprint density at radius 2 is 2.12 bits per heavy atom. The fraction of sp³-hybridized carbons (Fsp3) is 0.700. The molecule has 0 aromatic carbocycles. The molecule has 1 atom stereocenters. The molecule has 1 N–H and O–H groups in total. The lowest BCUT2D eigenvalue weighted by atomic mass is 10.1. The second-order valence-electron chi connectivity index (χ2n) is 3.58. The Morgan fingerprint density at radius 1 is 1.44 bits per heavy atom. The molecule has 0 aliphatic carbocycles. The van der Waals surface area contributed by atoms with E-state index in [1.165, 1.54) is 0 Å². The van der Waals surface area contributed by atoms with E-state index in [1.54, 1.807) is 6.92 Å². The largest absolute Gasteiger partial charge is 0.466 e. The minimum Gasteiger partial charge on any atom is -0.466 e. The Balaban J connectivity index is 2.53. The summed E-state index contributed by atoms with van der Waals surface area (Å²) in [7, 11) is 0. The highest BCUT2D eigenvalue weighted by atomic mass is 16.5. The molecule has 6 heteroatoms. The predicted octanol–water partition coefficient (Wildman–Crippen LogP) is 0.651. The number of ketones is 1. The molecule has 16 heavy (non-hydrogen) atoms. The minimum atomic E-state index is -1.11. The van der Waals surface area contributed by atoms with Gasteiger partial charge in [0.2, 0.25) is 0 Å². The van der Waals surface area contributed by atoms with Gasteiger partial charge in [0.1, 0.15) is 6.42 Å². The number of likely N-dealkylation sites (tertiary alicyclic amines) is 1. The van der Waals surface area contributed by atoms with Gasteiger partial charge in [-0.3, -0.25) is 14.5 Å². The monoisotopic (exact) mass is 229 g/mol. The molecule has 1 heterocycles. The van der Waals surface area contributed by atoms with Gasteiger partial charge in [0, 0.05) is 6.54 Å². The summed E-state index contributed by atoms with van der Waals surface area (Å²) in [5, 5.41) is 8.83. The van der Waals surface area contributed by atoms with E-state index in [0.717, 1.165) is 4.90 Å². The molecular formula is C10H15NO5. The van der Waals surface area contributed by atoms with Crippen LogP contribution < -0.4 is 0 Å². The van der Waals surface area contributed by atoms with Gasteiger partial charge >= 0.3 is 12.1 Å². The molecule has 0 spiro atoms. The first-order chi connectivity index (χ1) is 7.56. The van der Waals surface area contributed by atoms with Crippen LogP contribution in [-0.2, 0) is 14.3 Å². The van der Waals surface area contributed by atoms with Crippen molar-refractivity contribution in [3.8, 4) is 0 Å². The van der Waals surface area contributed by atoms with E-state index >= 15 is 0 Å². The number of carbonyl (C=O) groups is 3. The van der Waals surface area contributed by atoms with E-state index in [0.29, 0.717) is 19.4 Å². The van der Waals surface area contributed by atoms with Crippen molar-refractivity contribution in [3.05, 3.63) is 0 Å². The van der Waals surface area contributed by atoms with Crippen molar-refractivity contribution < 1.29 is 24.2 Å². The lowest BCUT2D eigenvalue weighted by Gasteiger charge is -2.19. The van der Waals surface area contributed by atoms with Crippen molar-refractivity contribution in [2.75, 3.05) is 13.2 Å². The third-order valence-corrected chi connectivity index (χ3v) is 2.49. The summed E-state index contributed by atoms with van der Waals surface area (Å²) in [4.78, 5) is 34.6. The summed E-state index contributed by atoms with van der Waals surface area (Å²) >= 11 is 0. The number of hydrogen-bond donors (Lipinski definition) is 1. The number of rotatable bonds is 4. The van der Waals surface area contributed by atoms with Crippen molar-refractivity contribution >= 4 is 17.8 Å². The SMILES string of the molecule is CCOC(=O)CC(=O)[C@@H]1CCCN1C(=O)O. The summed E-state index contributed by atoms with van der Waals surface area (Å²) in [5.41, 5.74) is 0. The number of Topliss-reactive ketones (excluding diaryl/α,β-unsaturated/α-hetero) is 1. The molecule has 1 saturated heterocycles. The Labute approximate surface area is 93.2 Å². The van der Waals surface area contributed by atoms with Crippen LogP contribution in [0.25, 0.3) is 0 Å². The maximum atomic E-state index is 11.6. The first-order valence-corrected chi connectivity index (χ1v) is 5.24. The molecule has 0 unspecified atom stereocenters. The van der Waals surface area contributed by atoms with Crippen LogP contribution >= 0.6 is 0 Å². The van der Waals surface area contributed by atoms with E-state index in [1.807, 2.05) is 0 Å². The van der Waals surface area contributed by atoms with Crippen LogP contribution in [0.3, 0.4) is 0 Å². The summed E-state index contributed by atoms with van der Waals surface area (Å²) in [6, 6.07) is -0.679. The molecule has 6 nitrogen and oxygen atoms in total. The van der Waals surface area contributed by atoms with E-state index in [9.17, 15) is 14.4 Å². The molecule has 0 aromatic rings. The van der Waals surface area contributed by atoms with Gasteiger partial charge in [0.15, 0.2) is 5.78 Å². The highest BCUT2D eigenvalue weighted by Crippen LogP contribution is 2.19. The number of carbonyl (C=O) groups excluding carboxylic acids is 2. The van der Waals surface area contributed by atoms with E-state index in [-0.39, 0.29) is 18.8 Å². The molecule has 0 radical (unpaired) electrons. The first kappa shape index (κ1) is 12.5. The maximum absolute atomic E-state index is 11.6. The topological polar surface area (TPSA) is 83.9 Å². The van der Waals surface area contributed by atoms with Crippen LogP contribution in [0, 0.1) is 0 Å². The standard InChI is InChI=1S/C10H15NO5/c1-2-16-9(13)6-8(12)7-4-3-5-11(7)10(14)15/h7H,2-6H2,1H3,(H,14,15)/t7-/m0/s1. The summed E-state index contributed by atoms with van der Waals surface area (Å²) in [6.07, 6.45) is -0.307. The average Bonchev–Trinajstić information content (AvgIpc) is 2.65. The van der Waals surface area contributed by atoms with E-state index in [2.05, 4.69) is 4.74 Å². The molecule has 90 valence electrons. The number of ether oxygens (including phenoxy) is 1. The summed E-state index contributed by atoms with van der Waals surface area (Å²) in [6.45, 7) is 2.23. The third-order valence-electron chi connectivity index (χ3n) is 2.49. The molecule has 0 aromatic heterocycles. The van der Waals surface area contributed by atoms with Gasteiger partial charge in [-0.25, -0.2) is 4.79 Å². The van der Waals surface area contributed by atoms with Crippen LogP contribution in [0.2, 0.25) is 0 Å². The quantitative estimate of drug-likeness (QED) is 0.565. The van der Waals surface area contributed by atoms with Crippen molar-refractivity contribution in [2.45, 2.75) is 32.2 Å². The van der Waals surface area contributed by atoms with Gasteiger partial charge in [0.05, 0.1) is 12.6 Å². The number of hydrogen-bond acceptors (Lipinski definition) is 4. The minimum absolute atomic E-state index is 0.222. The second-order valence-corrected chi connectivity index (χ2v) is 3.58. The van der Waals surface area contributed by atoms with Crippen molar-refractivity contribution in [1.82, 2.24) is 4.90 Å². The van der Waals surface area contributed by atoms with Crippen LogP contribution in [0.4, 0.5) is 4.79 Å². The highest BCUT2D eigenvalue weighted by Gasteiger charge is 2.34. The van der Waals surface area contributed by atoms with Crippen LogP contribution in [0.1, 0.15) is 26.2 Å². The third kappa shape index (κ3) is 2.95. The van der Waals surface area contributed by atoms with Gasteiger partial charge < -0.3 is 9.84 Å². The van der Waals surface area contributed by atoms with Crippen LogP contribution in [0.5, 0.6) is 0 Å². The second kappa shape index (κ2) is 5.48. The van der Waals surface area contributed by atoms with E-state index < -0.39 is 18.1 Å². The Bertz CT molecular complexity index is 302. The number of amides is 1. The van der Waals surface area contributed by atoms with Gasteiger partial charge in [-0.05, 0) is 19.8 Å². The van der Waals surface area contributed by atoms with Crippen molar-refractivity contribution in [3.63, 3.8) is 0 Å². The Hall–Kier alpha value is -1.59. The molecular weight excluding hydrogens is 214 g/mol. The highest BCUT2D eigenvalue weighted by molar-refractivity contribution is 5.99. The van der Waals surface area contributed by atoms with Crippen molar-refractivity contribution in [1.29, 1.82) is 0 Å². The zero-order valence-corrected chi connectivity index (χ0v) is 9.14. The summed E-state index contributed by atoms with van der Waals surface area (Å²) in [5.74, 6) is -0.969. The van der Waals surface area contributed by atoms with Gasteiger partial charge in [-0.2, -0.15) is 0 Å². The molecule has 1 aliphatic heterocycles. The molecule has 1 fully saturated rings. The van der Waals surface area contributed by atoms with Gasteiger partial charge in [-0.15, -0.1) is 0 Å². The van der Waals surface area contributed by atoms with Crippen LogP contribution in [0.15, 0.2) is 0 Å². The van der Waals surface area contributed by atoms with E-state index in [4.69, 9.17) is 5.11 Å². The first-order valence-electron chi connectivity index (χ1n) is 5.24. The molecule has 1 aliphatic rings. The molecule has 0 saturated carbocycles. The lowest BCUT2D eigenvalue weighted by Crippen LogP contribution is -2.40. The number of carboxylic acid groups (broad SMARTS) is 1. The molecule has 0 bridgehead atoms. The van der Waals surface area contributed by atoms with Crippen molar-refractivity contribution in [2.24, 2.45) is 0 Å².